The van der Waals surface area contributed by atoms with Gasteiger partial charge in [-0.05, 0) is 37.2 Å². The Kier molecular flexibility index (Phi) is 2.84. The Morgan fingerprint density at radius 1 is 1.15 bits per heavy atom. The Labute approximate surface area is 120 Å². The number of nitrogens with one attached hydrogen (secondary N) is 1. The van der Waals surface area contributed by atoms with Crippen molar-refractivity contribution in [3.05, 3.63) is 35.9 Å². The van der Waals surface area contributed by atoms with E-state index in [9.17, 15) is 4.79 Å². The predicted molar refractivity (Wildman–Crippen MR) is 78.0 cm³/mol. The van der Waals surface area contributed by atoms with E-state index in [-0.39, 0.29) is 11.7 Å². The molecule has 20 heavy (non-hydrogen) atoms. The molecule has 3 fully saturated rings. The number of benzene rings is 1. The van der Waals surface area contributed by atoms with Gasteiger partial charge in [-0.25, -0.2) is 0 Å². The van der Waals surface area contributed by atoms with E-state index in [4.69, 9.17) is 0 Å². The van der Waals surface area contributed by atoms with Gasteiger partial charge < -0.3 is 4.90 Å². The second-order valence-electron chi connectivity index (χ2n) is 6.65. The summed E-state index contributed by atoms with van der Waals surface area (Å²) in [5.74, 6) is 1.05. The highest BCUT2D eigenvalue weighted by atomic mass is 16.2. The van der Waals surface area contributed by atoms with Gasteiger partial charge >= 0.3 is 0 Å². The van der Waals surface area contributed by atoms with E-state index < -0.39 is 0 Å². The molecule has 4 rings (SSSR count). The van der Waals surface area contributed by atoms with E-state index in [0.717, 1.165) is 19.4 Å². The van der Waals surface area contributed by atoms with Crippen LogP contribution in [0.1, 0.15) is 50.3 Å². The van der Waals surface area contributed by atoms with Crippen molar-refractivity contribution >= 4 is 5.91 Å². The van der Waals surface area contributed by atoms with Gasteiger partial charge in [-0.2, -0.15) is 0 Å². The van der Waals surface area contributed by atoms with Crippen LogP contribution in [0.3, 0.4) is 0 Å². The number of amides is 1. The first-order valence-electron chi connectivity index (χ1n) is 7.92. The van der Waals surface area contributed by atoms with E-state index in [1.807, 2.05) is 6.07 Å². The molecule has 1 heterocycles. The number of carbonyl (C=O) groups excluding carboxylic acids is 1. The Morgan fingerprint density at radius 2 is 1.85 bits per heavy atom. The second-order valence-corrected chi connectivity index (χ2v) is 6.65. The summed E-state index contributed by atoms with van der Waals surface area (Å²) in [6.45, 7) is 0.938. The van der Waals surface area contributed by atoms with E-state index in [1.165, 1.54) is 31.2 Å². The second kappa shape index (κ2) is 4.59. The standard InChI is InChI=1S/C17H22N2O/c20-16-17(10-11-17)18-15(14-8-2-1-3-9-14)19(16)12-13-6-4-5-7-13/h1-3,8-9,13,15,18H,4-7,10-12H2. The van der Waals surface area contributed by atoms with Gasteiger partial charge in [-0.3, -0.25) is 10.1 Å². The van der Waals surface area contributed by atoms with E-state index in [2.05, 4.69) is 34.5 Å². The zero-order valence-electron chi connectivity index (χ0n) is 11.8. The molecule has 3 aliphatic rings. The summed E-state index contributed by atoms with van der Waals surface area (Å²) >= 11 is 0. The number of hydrogen-bond acceptors (Lipinski definition) is 2. The highest BCUT2D eigenvalue weighted by Crippen LogP contribution is 2.46. The zero-order chi connectivity index (χ0) is 13.6. The van der Waals surface area contributed by atoms with Crippen LogP contribution < -0.4 is 5.32 Å². The Hall–Kier alpha value is -1.35. The van der Waals surface area contributed by atoms with Gasteiger partial charge in [-0.1, -0.05) is 43.2 Å². The molecule has 0 aromatic heterocycles. The van der Waals surface area contributed by atoms with Crippen molar-refractivity contribution in [1.29, 1.82) is 0 Å². The average molecular weight is 270 g/mol. The van der Waals surface area contributed by atoms with Crippen molar-refractivity contribution in [2.75, 3.05) is 6.54 Å². The number of nitrogens with zero attached hydrogens (tertiary/aromatic N) is 1. The molecule has 1 aromatic carbocycles. The van der Waals surface area contributed by atoms with E-state index >= 15 is 0 Å². The van der Waals surface area contributed by atoms with Crippen LogP contribution in [0.25, 0.3) is 0 Å². The largest absolute Gasteiger partial charge is 0.321 e. The molecule has 1 spiro atoms. The van der Waals surface area contributed by atoms with Crippen molar-refractivity contribution in [2.24, 2.45) is 5.92 Å². The summed E-state index contributed by atoms with van der Waals surface area (Å²) in [5, 5.41) is 3.61. The molecule has 1 aliphatic heterocycles. The maximum absolute atomic E-state index is 12.7. The highest BCUT2D eigenvalue weighted by Gasteiger charge is 2.59. The maximum atomic E-state index is 12.7. The molecule has 0 radical (unpaired) electrons. The van der Waals surface area contributed by atoms with Gasteiger partial charge in [0.25, 0.3) is 0 Å². The van der Waals surface area contributed by atoms with Gasteiger partial charge in [0.2, 0.25) is 5.91 Å². The normalized spacial score (nSPS) is 28.5. The van der Waals surface area contributed by atoms with Gasteiger partial charge in [0.05, 0.1) is 0 Å². The third-order valence-corrected chi connectivity index (χ3v) is 5.19. The summed E-state index contributed by atoms with van der Waals surface area (Å²) in [5.41, 5.74) is 1.02. The minimum Gasteiger partial charge on any atom is -0.321 e. The van der Waals surface area contributed by atoms with E-state index in [0.29, 0.717) is 11.8 Å². The third kappa shape index (κ3) is 1.96. The molecule has 106 valence electrons. The highest BCUT2D eigenvalue weighted by molar-refractivity contribution is 5.92. The monoisotopic (exact) mass is 270 g/mol. The lowest BCUT2D eigenvalue weighted by molar-refractivity contribution is -0.131. The summed E-state index contributed by atoms with van der Waals surface area (Å²) in [7, 11) is 0. The van der Waals surface area contributed by atoms with Crippen molar-refractivity contribution in [2.45, 2.75) is 50.2 Å². The lowest BCUT2D eigenvalue weighted by Crippen LogP contribution is -2.35. The molecule has 3 nitrogen and oxygen atoms in total. The lowest BCUT2D eigenvalue weighted by Gasteiger charge is -2.27. The molecule has 2 aliphatic carbocycles. The first kappa shape index (κ1) is 12.4. The van der Waals surface area contributed by atoms with Crippen LogP contribution in [0.15, 0.2) is 30.3 Å². The van der Waals surface area contributed by atoms with Gasteiger partial charge in [-0.15, -0.1) is 0 Å². The van der Waals surface area contributed by atoms with Crippen LogP contribution in [-0.4, -0.2) is 22.9 Å². The minimum atomic E-state index is -0.209. The number of hydrogen-bond donors (Lipinski definition) is 1. The molecule has 1 atom stereocenters. The van der Waals surface area contributed by atoms with Crippen LogP contribution >= 0.6 is 0 Å². The van der Waals surface area contributed by atoms with Crippen LogP contribution in [-0.2, 0) is 4.79 Å². The fraction of sp³-hybridized carbons (Fsp3) is 0.588. The van der Waals surface area contributed by atoms with Gasteiger partial charge in [0.1, 0.15) is 11.7 Å². The SMILES string of the molecule is O=C1N(CC2CCCC2)C(c2ccccc2)NC12CC2. The quantitative estimate of drug-likeness (QED) is 0.916. The molecule has 1 aromatic rings. The molecular weight excluding hydrogens is 248 g/mol. The van der Waals surface area contributed by atoms with Crippen molar-refractivity contribution in [3.8, 4) is 0 Å². The fourth-order valence-corrected chi connectivity index (χ4v) is 3.83. The predicted octanol–water partition coefficient (Wildman–Crippen LogP) is 2.84. The smallest absolute Gasteiger partial charge is 0.244 e. The summed E-state index contributed by atoms with van der Waals surface area (Å²) in [4.78, 5) is 14.8. The number of carbonyl (C=O) groups is 1. The topological polar surface area (TPSA) is 32.3 Å². The Balaban J connectivity index is 1.60. The minimum absolute atomic E-state index is 0.0896. The molecule has 2 saturated carbocycles. The van der Waals surface area contributed by atoms with Crippen LogP contribution in [0.4, 0.5) is 0 Å². The van der Waals surface area contributed by atoms with Crippen LogP contribution in [0.2, 0.25) is 0 Å². The zero-order valence-corrected chi connectivity index (χ0v) is 11.8. The lowest BCUT2D eigenvalue weighted by atomic mass is 10.1. The van der Waals surface area contributed by atoms with E-state index in [1.54, 1.807) is 0 Å². The molecule has 1 unspecified atom stereocenters. The van der Waals surface area contributed by atoms with Gasteiger partial charge in [0, 0.05) is 6.54 Å². The summed E-state index contributed by atoms with van der Waals surface area (Å²) in [6.07, 6.45) is 7.36. The van der Waals surface area contributed by atoms with Crippen LogP contribution in [0, 0.1) is 5.92 Å². The first-order valence-corrected chi connectivity index (χ1v) is 7.92. The molecule has 0 bridgehead atoms. The Bertz CT molecular complexity index is 503. The van der Waals surface area contributed by atoms with Crippen LogP contribution in [0.5, 0.6) is 0 Å². The fourth-order valence-electron chi connectivity index (χ4n) is 3.83. The Morgan fingerprint density at radius 3 is 2.50 bits per heavy atom. The summed E-state index contributed by atoms with van der Waals surface area (Å²) < 4.78 is 0. The molecular formula is C17H22N2O. The van der Waals surface area contributed by atoms with Crippen molar-refractivity contribution < 1.29 is 4.79 Å². The molecule has 1 amide bonds. The average Bonchev–Trinajstić information content (AvgIpc) is 2.99. The van der Waals surface area contributed by atoms with Crippen molar-refractivity contribution in [1.82, 2.24) is 10.2 Å². The van der Waals surface area contributed by atoms with Crippen molar-refractivity contribution in [3.63, 3.8) is 0 Å². The third-order valence-electron chi connectivity index (χ3n) is 5.19. The maximum Gasteiger partial charge on any atom is 0.244 e. The molecule has 1 saturated heterocycles. The molecule has 1 N–H and O–H groups in total. The summed E-state index contributed by atoms with van der Waals surface area (Å²) in [6, 6.07) is 10.4. The first-order chi connectivity index (χ1) is 9.78. The molecule has 3 heteroatoms. The number of rotatable bonds is 3. The van der Waals surface area contributed by atoms with Gasteiger partial charge in [0.15, 0.2) is 0 Å².